The van der Waals surface area contributed by atoms with Gasteiger partial charge in [-0.3, -0.25) is 0 Å². The van der Waals surface area contributed by atoms with E-state index >= 15 is 0 Å². The standard InChI is InChI=1S/C13H14P2/c1-3-7-12(8-4-1)14-11-15-13-9-5-2-6-10-13/h1-10,14-15H,11H2/p+2. The Morgan fingerprint density at radius 3 is 1.40 bits per heavy atom. The largest absolute Gasteiger partial charge is 0.160 e. The molecule has 0 saturated heterocycles. The smallest absolute Gasteiger partial charge is 0.0620 e. The van der Waals surface area contributed by atoms with Crippen molar-refractivity contribution in [2.45, 2.75) is 0 Å². The molecule has 2 aromatic rings. The molecule has 2 unspecified atom stereocenters. The third-order valence-corrected chi connectivity index (χ3v) is 5.90. The zero-order valence-corrected chi connectivity index (χ0v) is 10.9. The lowest BCUT2D eigenvalue weighted by Crippen LogP contribution is -1.95. The summed E-state index contributed by atoms with van der Waals surface area (Å²) < 4.78 is 0. The van der Waals surface area contributed by atoms with Gasteiger partial charge in [0.25, 0.3) is 0 Å². The van der Waals surface area contributed by atoms with Crippen LogP contribution >= 0.6 is 17.2 Å². The van der Waals surface area contributed by atoms with Gasteiger partial charge in [0.2, 0.25) is 0 Å². The average Bonchev–Trinajstić information content (AvgIpc) is 2.32. The summed E-state index contributed by atoms with van der Waals surface area (Å²) >= 11 is 0. The van der Waals surface area contributed by atoms with Crippen molar-refractivity contribution < 1.29 is 0 Å². The van der Waals surface area contributed by atoms with Crippen molar-refractivity contribution in [2.75, 3.05) is 5.90 Å². The van der Waals surface area contributed by atoms with Crippen LogP contribution in [-0.2, 0) is 0 Å². The van der Waals surface area contributed by atoms with Crippen molar-refractivity contribution in [3.8, 4) is 0 Å². The second kappa shape index (κ2) is 6.01. The number of hydrogen-bond acceptors (Lipinski definition) is 0. The highest BCUT2D eigenvalue weighted by Crippen LogP contribution is 2.22. The minimum Gasteiger partial charge on any atom is -0.0620 e. The maximum atomic E-state index is 2.25. The lowest BCUT2D eigenvalue weighted by Gasteiger charge is -1.91. The maximum Gasteiger partial charge on any atom is 0.160 e. The van der Waals surface area contributed by atoms with Crippen LogP contribution in [0.1, 0.15) is 0 Å². The highest BCUT2D eigenvalue weighted by Gasteiger charge is 2.04. The molecule has 0 nitrogen and oxygen atoms in total. The SMILES string of the molecule is c1ccc([PH2+]C[PH2+]c2ccccc2)cc1. The topological polar surface area (TPSA) is 0 Å². The van der Waals surface area contributed by atoms with Crippen LogP contribution in [0.5, 0.6) is 0 Å². The van der Waals surface area contributed by atoms with Crippen molar-refractivity contribution in [1.82, 2.24) is 0 Å². The van der Waals surface area contributed by atoms with Gasteiger partial charge in [-0.2, -0.15) is 0 Å². The molecule has 0 aliphatic heterocycles. The van der Waals surface area contributed by atoms with E-state index in [0.29, 0.717) is 17.2 Å². The van der Waals surface area contributed by atoms with Crippen LogP contribution in [0.4, 0.5) is 0 Å². The Morgan fingerprint density at radius 2 is 1.00 bits per heavy atom. The van der Waals surface area contributed by atoms with Crippen molar-refractivity contribution in [3.05, 3.63) is 60.7 Å². The van der Waals surface area contributed by atoms with E-state index in [1.165, 1.54) is 5.90 Å². The van der Waals surface area contributed by atoms with Crippen LogP contribution in [0, 0.1) is 0 Å². The lowest BCUT2D eigenvalue weighted by molar-refractivity contribution is 1.77. The van der Waals surface area contributed by atoms with Crippen molar-refractivity contribution in [3.63, 3.8) is 0 Å². The van der Waals surface area contributed by atoms with Crippen LogP contribution in [-0.4, -0.2) is 5.90 Å². The summed E-state index contributed by atoms with van der Waals surface area (Å²) in [4.78, 5) is 0. The fourth-order valence-corrected chi connectivity index (χ4v) is 5.15. The molecule has 0 aliphatic rings. The van der Waals surface area contributed by atoms with Gasteiger partial charge < -0.3 is 0 Å². The van der Waals surface area contributed by atoms with Gasteiger partial charge in [0.1, 0.15) is 0 Å². The quantitative estimate of drug-likeness (QED) is 0.713. The minimum absolute atomic E-state index is 0.474. The molecule has 2 atom stereocenters. The van der Waals surface area contributed by atoms with Gasteiger partial charge in [0, 0.05) is 0 Å². The predicted molar refractivity (Wildman–Crippen MR) is 76.4 cm³/mol. The minimum atomic E-state index is 0.474. The molecule has 0 spiro atoms. The first-order valence-corrected chi connectivity index (χ1v) is 8.00. The second-order valence-corrected chi connectivity index (χ2v) is 7.50. The molecule has 0 heterocycles. The van der Waals surface area contributed by atoms with Gasteiger partial charge >= 0.3 is 0 Å². The molecule has 2 heteroatoms. The molecule has 76 valence electrons. The molecule has 0 aliphatic carbocycles. The molecule has 0 N–H and O–H groups in total. The van der Waals surface area contributed by atoms with E-state index in [2.05, 4.69) is 60.7 Å². The van der Waals surface area contributed by atoms with E-state index in [4.69, 9.17) is 0 Å². The van der Waals surface area contributed by atoms with E-state index in [-0.39, 0.29) is 0 Å². The predicted octanol–water partition coefficient (Wildman–Crippen LogP) is 2.42. The molecule has 0 radical (unpaired) electrons. The molecule has 0 bridgehead atoms. The van der Waals surface area contributed by atoms with Crippen LogP contribution in [0.2, 0.25) is 0 Å². The fraction of sp³-hybridized carbons (Fsp3) is 0.0769. The zero-order chi connectivity index (χ0) is 10.3. The third kappa shape index (κ3) is 3.74. The van der Waals surface area contributed by atoms with E-state index in [1.54, 1.807) is 10.6 Å². The van der Waals surface area contributed by atoms with E-state index in [1.807, 2.05) is 0 Å². The number of hydrogen-bond donors (Lipinski definition) is 0. The Hall–Kier alpha value is -0.700. The monoisotopic (exact) mass is 234 g/mol. The molecular formula is C13H16P2+2. The third-order valence-electron chi connectivity index (χ3n) is 2.31. The Morgan fingerprint density at radius 1 is 0.600 bits per heavy atom. The summed E-state index contributed by atoms with van der Waals surface area (Å²) in [6, 6.07) is 21.7. The van der Waals surface area contributed by atoms with Crippen LogP contribution < -0.4 is 10.6 Å². The lowest BCUT2D eigenvalue weighted by atomic mass is 10.4. The number of rotatable bonds is 4. The summed E-state index contributed by atoms with van der Waals surface area (Å²) in [5.41, 5.74) is 0. The zero-order valence-electron chi connectivity index (χ0n) is 8.64. The summed E-state index contributed by atoms with van der Waals surface area (Å²) in [5, 5.41) is 3.09. The Kier molecular flexibility index (Phi) is 4.33. The highest BCUT2D eigenvalue weighted by atomic mass is 31.1. The van der Waals surface area contributed by atoms with Crippen LogP contribution in [0.15, 0.2) is 60.7 Å². The molecule has 0 fully saturated rings. The second-order valence-electron chi connectivity index (χ2n) is 3.47. The average molecular weight is 234 g/mol. The summed E-state index contributed by atoms with van der Waals surface area (Å²) in [7, 11) is 0.949. The van der Waals surface area contributed by atoms with E-state index in [9.17, 15) is 0 Å². The molecular weight excluding hydrogens is 218 g/mol. The summed E-state index contributed by atoms with van der Waals surface area (Å²) in [6.07, 6.45) is 0. The first-order chi connectivity index (χ1) is 7.45. The summed E-state index contributed by atoms with van der Waals surface area (Å²) in [5.74, 6) is 1.40. The molecule has 0 aromatic heterocycles. The first-order valence-electron chi connectivity index (χ1n) is 5.22. The molecule has 0 saturated carbocycles. The normalized spacial score (nSPS) is 11.7. The molecule has 15 heavy (non-hydrogen) atoms. The fourth-order valence-electron chi connectivity index (χ4n) is 1.51. The van der Waals surface area contributed by atoms with Crippen molar-refractivity contribution in [1.29, 1.82) is 0 Å². The van der Waals surface area contributed by atoms with Crippen LogP contribution in [0.3, 0.4) is 0 Å². The van der Waals surface area contributed by atoms with Crippen LogP contribution in [0.25, 0.3) is 0 Å². The maximum absolute atomic E-state index is 2.25. The van der Waals surface area contributed by atoms with Gasteiger partial charge in [-0.05, 0) is 24.3 Å². The Labute approximate surface area is 94.7 Å². The molecule has 2 rings (SSSR count). The Balaban J connectivity index is 1.81. The van der Waals surface area contributed by atoms with E-state index in [0.717, 1.165) is 0 Å². The van der Waals surface area contributed by atoms with Crippen molar-refractivity contribution in [2.24, 2.45) is 0 Å². The van der Waals surface area contributed by atoms with Gasteiger partial charge in [0.15, 0.2) is 5.90 Å². The van der Waals surface area contributed by atoms with Gasteiger partial charge in [-0.15, -0.1) is 0 Å². The van der Waals surface area contributed by atoms with Crippen molar-refractivity contribution >= 4 is 27.8 Å². The molecule has 0 amide bonds. The first kappa shape index (κ1) is 10.8. The number of benzene rings is 2. The highest BCUT2D eigenvalue weighted by molar-refractivity contribution is 7.64. The van der Waals surface area contributed by atoms with Gasteiger partial charge in [-0.1, -0.05) is 36.4 Å². The van der Waals surface area contributed by atoms with Gasteiger partial charge in [-0.25, -0.2) is 0 Å². The molecule has 2 aromatic carbocycles. The van der Waals surface area contributed by atoms with Gasteiger partial charge in [0.05, 0.1) is 27.8 Å². The summed E-state index contributed by atoms with van der Waals surface area (Å²) in [6.45, 7) is 0. The Bertz CT molecular complexity index is 344. The van der Waals surface area contributed by atoms with E-state index < -0.39 is 0 Å².